The van der Waals surface area contributed by atoms with Crippen LogP contribution in [0.25, 0.3) is 0 Å². The van der Waals surface area contributed by atoms with E-state index < -0.39 is 17.3 Å². The minimum atomic E-state index is -0.904. The molecule has 0 spiro atoms. The molecule has 1 fully saturated rings. The second-order valence-electron chi connectivity index (χ2n) is 6.84. The molecule has 1 aromatic carbocycles. The number of amides is 1. The smallest absolute Gasteiger partial charge is 0.275 e. The highest BCUT2D eigenvalue weighted by Crippen LogP contribution is 2.45. The fourth-order valence-corrected chi connectivity index (χ4v) is 4.43. The number of benzene rings is 1. The Bertz CT molecular complexity index is 1020. The monoisotopic (exact) mass is 430 g/mol. The van der Waals surface area contributed by atoms with E-state index in [1.54, 1.807) is 6.07 Å². The lowest BCUT2D eigenvalue weighted by molar-refractivity contribution is 0.102. The molecule has 6 N–H and O–H groups in total. The Morgan fingerprint density at radius 1 is 1.43 bits per heavy atom. The molecule has 3 heterocycles. The first-order chi connectivity index (χ1) is 14.4. The lowest BCUT2D eigenvalue weighted by Gasteiger charge is -2.34. The summed E-state index contributed by atoms with van der Waals surface area (Å²) in [6.07, 6.45) is 3.37. The van der Waals surface area contributed by atoms with E-state index in [1.165, 1.54) is 36.3 Å². The molecule has 4 rings (SSSR count). The van der Waals surface area contributed by atoms with E-state index in [4.69, 9.17) is 21.7 Å². The Balaban J connectivity index is 1.60. The van der Waals surface area contributed by atoms with Crippen LogP contribution in [0.1, 0.15) is 16.1 Å². The number of thioether (sulfide) groups is 1. The fourth-order valence-electron chi connectivity index (χ4n) is 3.46. The minimum absolute atomic E-state index is 0.0123. The molecule has 12 heteroatoms. The van der Waals surface area contributed by atoms with Crippen molar-refractivity contribution >= 4 is 40.7 Å². The molecule has 1 aromatic heterocycles. The van der Waals surface area contributed by atoms with Crippen LogP contribution in [0.2, 0.25) is 0 Å². The molecule has 0 saturated carbocycles. The summed E-state index contributed by atoms with van der Waals surface area (Å²) in [5.41, 5.74) is 5.78. The molecule has 2 aromatic rings. The number of aromatic nitrogens is 2. The van der Waals surface area contributed by atoms with Crippen LogP contribution in [0.5, 0.6) is 0 Å². The fraction of sp³-hybridized carbons (Fsp3) is 0.278. The molecule has 0 aliphatic carbocycles. The third-order valence-electron chi connectivity index (χ3n) is 5.02. The van der Waals surface area contributed by atoms with Crippen LogP contribution in [0.3, 0.4) is 0 Å². The van der Waals surface area contributed by atoms with E-state index in [0.29, 0.717) is 28.8 Å². The molecule has 0 radical (unpaired) electrons. The first-order valence-electron chi connectivity index (χ1n) is 8.97. The zero-order valence-corrected chi connectivity index (χ0v) is 16.5. The molecule has 0 unspecified atom stereocenters. The quantitative estimate of drug-likeness (QED) is 0.237. The highest BCUT2D eigenvalue weighted by Gasteiger charge is 2.49. The topological polar surface area (TPSA) is 156 Å². The zero-order chi connectivity index (χ0) is 21.3. The second-order valence-corrected chi connectivity index (χ2v) is 7.88. The van der Waals surface area contributed by atoms with Crippen molar-refractivity contribution in [3.8, 4) is 0 Å². The SMILES string of the molecule is N=CN(N)c1cnc(C(=O)Nc2ccc(F)c([C@]34COC[C@H]3CSC(N)=N4)c2)cn1. The summed E-state index contributed by atoms with van der Waals surface area (Å²) in [5.74, 6) is 5.43. The number of fused-ring (bicyclic) bond motifs is 1. The van der Waals surface area contributed by atoms with Gasteiger partial charge in [-0.2, -0.15) is 0 Å². The number of carbonyl (C=O) groups excluding carboxylic acids is 1. The Hall–Kier alpha value is -3.09. The molecule has 2 atom stereocenters. The van der Waals surface area contributed by atoms with Crippen molar-refractivity contribution in [2.45, 2.75) is 5.54 Å². The highest BCUT2D eigenvalue weighted by molar-refractivity contribution is 8.13. The summed E-state index contributed by atoms with van der Waals surface area (Å²) >= 11 is 1.42. The van der Waals surface area contributed by atoms with Gasteiger partial charge in [-0.25, -0.2) is 25.2 Å². The first kappa shape index (κ1) is 20.2. The van der Waals surface area contributed by atoms with Gasteiger partial charge in [0.1, 0.15) is 23.4 Å². The van der Waals surface area contributed by atoms with Crippen molar-refractivity contribution in [2.75, 3.05) is 29.3 Å². The zero-order valence-electron chi connectivity index (χ0n) is 15.7. The predicted molar refractivity (Wildman–Crippen MR) is 112 cm³/mol. The molecule has 0 bridgehead atoms. The molecule has 2 aliphatic rings. The lowest BCUT2D eigenvalue weighted by atomic mass is 9.81. The van der Waals surface area contributed by atoms with Crippen LogP contribution in [-0.4, -0.2) is 46.3 Å². The molecule has 10 nitrogen and oxygen atoms in total. The van der Waals surface area contributed by atoms with Crippen molar-refractivity contribution in [3.63, 3.8) is 0 Å². The van der Waals surface area contributed by atoms with Gasteiger partial charge in [-0.3, -0.25) is 15.2 Å². The van der Waals surface area contributed by atoms with Gasteiger partial charge in [0.05, 0.1) is 25.6 Å². The number of rotatable bonds is 5. The van der Waals surface area contributed by atoms with E-state index in [9.17, 15) is 9.18 Å². The lowest BCUT2D eigenvalue weighted by Crippen LogP contribution is -2.40. The van der Waals surface area contributed by atoms with Gasteiger partial charge in [-0.1, -0.05) is 11.8 Å². The number of aliphatic imine (C=N–C) groups is 1. The van der Waals surface area contributed by atoms with Gasteiger partial charge in [0, 0.05) is 22.9 Å². The number of amidine groups is 1. The maximum Gasteiger partial charge on any atom is 0.275 e. The van der Waals surface area contributed by atoms with Crippen molar-refractivity contribution in [3.05, 3.63) is 47.7 Å². The van der Waals surface area contributed by atoms with Crippen LogP contribution < -0.4 is 21.9 Å². The van der Waals surface area contributed by atoms with E-state index in [0.717, 1.165) is 11.3 Å². The standard InChI is InChI=1S/C18H19FN8O2S/c19-13-2-1-11(25-16(28)14-4-24-15(5-23-14)27(22)9-20)3-12(13)18-8-29-6-10(18)7-30-17(21)26-18/h1-5,9-10,20H,6-8,22H2,(H2,21,26)(H,25,28)/t10-,18-/m0/s1. The summed E-state index contributed by atoms with van der Waals surface area (Å²) in [6.45, 7) is 0.693. The third kappa shape index (κ3) is 3.60. The second kappa shape index (κ2) is 7.97. The average molecular weight is 430 g/mol. The number of nitrogens with two attached hydrogens (primary N) is 2. The van der Waals surface area contributed by atoms with Crippen LogP contribution >= 0.6 is 11.8 Å². The Morgan fingerprint density at radius 2 is 2.27 bits per heavy atom. The molecular weight excluding hydrogens is 411 g/mol. The first-order valence-corrected chi connectivity index (χ1v) is 9.95. The average Bonchev–Trinajstić information content (AvgIpc) is 3.18. The van der Waals surface area contributed by atoms with E-state index in [-0.39, 0.29) is 24.0 Å². The summed E-state index contributed by atoms with van der Waals surface area (Å²) in [6, 6.07) is 4.30. The molecule has 30 heavy (non-hydrogen) atoms. The van der Waals surface area contributed by atoms with Crippen LogP contribution in [0.15, 0.2) is 35.6 Å². The number of nitrogens with one attached hydrogen (secondary N) is 2. The Kier molecular flexibility index (Phi) is 5.37. The van der Waals surface area contributed by atoms with Gasteiger partial charge < -0.3 is 15.8 Å². The normalized spacial score (nSPS) is 22.7. The van der Waals surface area contributed by atoms with Crippen molar-refractivity contribution in [1.82, 2.24) is 9.97 Å². The largest absolute Gasteiger partial charge is 0.379 e. The van der Waals surface area contributed by atoms with Crippen molar-refractivity contribution in [2.24, 2.45) is 22.5 Å². The maximum absolute atomic E-state index is 14.8. The molecule has 1 saturated heterocycles. The van der Waals surface area contributed by atoms with Gasteiger partial charge in [0.25, 0.3) is 5.91 Å². The number of carbonyl (C=O) groups is 1. The number of anilines is 2. The maximum atomic E-state index is 14.8. The van der Waals surface area contributed by atoms with Crippen molar-refractivity contribution in [1.29, 1.82) is 5.41 Å². The summed E-state index contributed by atoms with van der Waals surface area (Å²) < 4.78 is 20.4. The molecule has 156 valence electrons. The van der Waals surface area contributed by atoms with Crippen LogP contribution in [-0.2, 0) is 10.3 Å². The molecule has 2 aliphatic heterocycles. The van der Waals surface area contributed by atoms with E-state index >= 15 is 0 Å². The number of ether oxygens (including phenoxy) is 1. The Morgan fingerprint density at radius 3 is 3.00 bits per heavy atom. The molecular formula is C18H19FN8O2S. The summed E-state index contributed by atoms with van der Waals surface area (Å²) in [7, 11) is 0. The van der Waals surface area contributed by atoms with Gasteiger partial charge >= 0.3 is 0 Å². The number of hydrogen-bond donors (Lipinski definition) is 4. The Labute approximate surface area is 175 Å². The number of nitrogens with zero attached hydrogens (tertiary/aromatic N) is 4. The third-order valence-corrected chi connectivity index (χ3v) is 5.98. The predicted octanol–water partition coefficient (Wildman–Crippen LogP) is 1.06. The number of hydrogen-bond acceptors (Lipinski definition) is 9. The van der Waals surface area contributed by atoms with Gasteiger partial charge in [-0.05, 0) is 18.2 Å². The summed E-state index contributed by atoms with van der Waals surface area (Å²) in [5, 5.41) is 11.1. The minimum Gasteiger partial charge on any atom is -0.379 e. The van der Waals surface area contributed by atoms with Gasteiger partial charge in [0.2, 0.25) is 0 Å². The summed E-state index contributed by atoms with van der Waals surface area (Å²) in [4.78, 5) is 25.1. The van der Waals surface area contributed by atoms with Crippen molar-refractivity contribution < 1.29 is 13.9 Å². The van der Waals surface area contributed by atoms with E-state index in [1.807, 2.05) is 0 Å². The highest BCUT2D eigenvalue weighted by atomic mass is 32.2. The van der Waals surface area contributed by atoms with Gasteiger partial charge in [-0.15, -0.1) is 0 Å². The van der Waals surface area contributed by atoms with Crippen LogP contribution in [0, 0.1) is 17.1 Å². The number of hydrazine groups is 1. The van der Waals surface area contributed by atoms with Crippen LogP contribution in [0.4, 0.5) is 15.9 Å². The molecule has 1 amide bonds. The number of halogens is 1. The van der Waals surface area contributed by atoms with Gasteiger partial charge in [0.15, 0.2) is 11.0 Å². The van der Waals surface area contributed by atoms with E-state index in [2.05, 4.69) is 20.3 Å².